The molecule has 0 bridgehead atoms. The van der Waals surface area contributed by atoms with Gasteiger partial charge in [-0.2, -0.15) is 0 Å². The van der Waals surface area contributed by atoms with Gasteiger partial charge in [0.05, 0.1) is 19.8 Å². The highest BCUT2D eigenvalue weighted by molar-refractivity contribution is 5.30. The van der Waals surface area contributed by atoms with Crippen molar-refractivity contribution in [2.24, 2.45) is 5.92 Å². The van der Waals surface area contributed by atoms with Crippen LogP contribution in [0, 0.1) is 5.92 Å². The summed E-state index contributed by atoms with van der Waals surface area (Å²) in [5.41, 5.74) is 1.23. The fourth-order valence-corrected chi connectivity index (χ4v) is 2.24. The lowest BCUT2D eigenvalue weighted by molar-refractivity contribution is 0.106. The van der Waals surface area contributed by atoms with Crippen LogP contribution in [0.25, 0.3) is 0 Å². The Kier molecular flexibility index (Phi) is 9.11. The zero-order valence-electron chi connectivity index (χ0n) is 14.0. The summed E-state index contributed by atoms with van der Waals surface area (Å²) < 4.78 is 11.2. The third kappa shape index (κ3) is 7.49. The van der Waals surface area contributed by atoms with Gasteiger partial charge < -0.3 is 14.8 Å². The van der Waals surface area contributed by atoms with Crippen LogP contribution in [0.1, 0.15) is 51.6 Å². The van der Waals surface area contributed by atoms with Gasteiger partial charge in [0, 0.05) is 6.61 Å². The summed E-state index contributed by atoms with van der Waals surface area (Å²) in [4.78, 5) is 0. The van der Waals surface area contributed by atoms with Gasteiger partial charge in [-0.15, -0.1) is 0 Å². The average Bonchev–Trinajstić information content (AvgIpc) is 2.49. The zero-order chi connectivity index (χ0) is 15.5. The molecule has 3 heteroatoms. The van der Waals surface area contributed by atoms with Crippen LogP contribution < -0.4 is 10.1 Å². The molecule has 0 heterocycles. The molecule has 1 atom stereocenters. The molecule has 0 fully saturated rings. The van der Waals surface area contributed by atoms with Crippen molar-refractivity contribution < 1.29 is 9.47 Å². The summed E-state index contributed by atoms with van der Waals surface area (Å²) in [5, 5.41) is 3.56. The molecule has 1 rings (SSSR count). The van der Waals surface area contributed by atoms with Crippen LogP contribution in [0.4, 0.5) is 0 Å². The van der Waals surface area contributed by atoms with E-state index in [1.807, 2.05) is 12.1 Å². The molecule has 1 N–H and O–H groups in total. The van der Waals surface area contributed by atoms with Crippen LogP contribution in [0.15, 0.2) is 24.3 Å². The highest BCUT2D eigenvalue weighted by atomic mass is 16.5. The zero-order valence-corrected chi connectivity index (χ0v) is 14.0. The smallest absolute Gasteiger partial charge is 0.119 e. The highest BCUT2D eigenvalue weighted by Gasteiger charge is 2.11. The fourth-order valence-electron chi connectivity index (χ4n) is 2.24. The predicted octanol–water partition coefficient (Wildman–Crippen LogP) is 4.19. The predicted molar refractivity (Wildman–Crippen MR) is 88.9 cm³/mol. The number of ether oxygens (including phenoxy) is 2. The Morgan fingerprint density at radius 2 is 2.05 bits per heavy atom. The summed E-state index contributed by atoms with van der Waals surface area (Å²) in [6.07, 6.45) is 3.48. The Morgan fingerprint density at radius 1 is 1.24 bits per heavy atom. The minimum absolute atomic E-state index is 0.235. The third-order valence-electron chi connectivity index (χ3n) is 3.49. The molecule has 0 spiro atoms. The van der Waals surface area contributed by atoms with Crippen molar-refractivity contribution >= 4 is 0 Å². The first-order valence-electron chi connectivity index (χ1n) is 8.12. The SMILES string of the molecule is CCCNC(COCCCC(C)C)c1cccc(OC)c1. The van der Waals surface area contributed by atoms with Crippen molar-refractivity contribution in [3.05, 3.63) is 29.8 Å². The van der Waals surface area contributed by atoms with E-state index in [-0.39, 0.29) is 6.04 Å². The maximum atomic E-state index is 5.87. The molecule has 0 aliphatic heterocycles. The Morgan fingerprint density at radius 3 is 2.71 bits per heavy atom. The van der Waals surface area contributed by atoms with E-state index in [0.29, 0.717) is 6.61 Å². The molecule has 0 aliphatic rings. The summed E-state index contributed by atoms with van der Waals surface area (Å²) >= 11 is 0. The van der Waals surface area contributed by atoms with Crippen LogP contribution in [-0.2, 0) is 4.74 Å². The molecule has 3 nitrogen and oxygen atoms in total. The molecule has 0 saturated heterocycles. The topological polar surface area (TPSA) is 30.5 Å². The molecule has 21 heavy (non-hydrogen) atoms. The minimum atomic E-state index is 0.235. The number of hydrogen-bond donors (Lipinski definition) is 1. The van der Waals surface area contributed by atoms with E-state index in [0.717, 1.165) is 37.7 Å². The summed E-state index contributed by atoms with van der Waals surface area (Å²) in [5.74, 6) is 1.65. The quantitative estimate of drug-likeness (QED) is 0.621. The van der Waals surface area contributed by atoms with E-state index >= 15 is 0 Å². The maximum Gasteiger partial charge on any atom is 0.119 e. The number of nitrogens with one attached hydrogen (secondary N) is 1. The molecule has 1 aromatic carbocycles. The van der Waals surface area contributed by atoms with E-state index in [4.69, 9.17) is 9.47 Å². The van der Waals surface area contributed by atoms with Gasteiger partial charge in [-0.05, 0) is 49.4 Å². The second kappa shape index (κ2) is 10.6. The van der Waals surface area contributed by atoms with E-state index in [1.54, 1.807) is 7.11 Å². The largest absolute Gasteiger partial charge is 0.497 e. The van der Waals surface area contributed by atoms with Crippen molar-refractivity contribution in [3.63, 3.8) is 0 Å². The van der Waals surface area contributed by atoms with E-state index in [2.05, 4.69) is 38.2 Å². The third-order valence-corrected chi connectivity index (χ3v) is 3.49. The lowest BCUT2D eigenvalue weighted by Gasteiger charge is -2.20. The minimum Gasteiger partial charge on any atom is -0.497 e. The molecular formula is C18H31NO2. The Bertz CT molecular complexity index is 379. The van der Waals surface area contributed by atoms with Crippen molar-refractivity contribution in [2.45, 2.75) is 46.1 Å². The summed E-state index contributed by atoms with van der Waals surface area (Å²) in [7, 11) is 1.70. The van der Waals surface area contributed by atoms with Crippen LogP contribution in [0.5, 0.6) is 5.75 Å². The highest BCUT2D eigenvalue weighted by Crippen LogP contribution is 2.19. The normalized spacial score (nSPS) is 12.6. The molecule has 0 aromatic heterocycles. The standard InChI is InChI=1S/C18H31NO2/c1-5-11-19-18(14-21-12-7-8-15(2)3)16-9-6-10-17(13-16)20-4/h6,9-10,13,15,18-19H,5,7-8,11-12,14H2,1-4H3. The number of benzene rings is 1. The number of methoxy groups -OCH3 is 1. The van der Waals surface area contributed by atoms with Crippen molar-refractivity contribution in [1.29, 1.82) is 0 Å². The van der Waals surface area contributed by atoms with Gasteiger partial charge in [-0.25, -0.2) is 0 Å². The van der Waals surface area contributed by atoms with E-state index < -0.39 is 0 Å². The first-order chi connectivity index (χ1) is 10.2. The van der Waals surface area contributed by atoms with Gasteiger partial charge in [-0.3, -0.25) is 0 Å². The maximum absolute atomic E-state index is 5.87. The lowest BCUT2D eigenvalue weighted by atomic mass is 10.1. The van der Waals surface area contributed by atoms with Crippen molar-refractivity contribution in [3.8, 4) is 5.75 Å². The van der Waals surface area contributed by atoms with Crippen LogP contribution in [0.2, 0.25) is 0 Å². The Balaban J connectivity index is 2.50. The van der Waals surface area contributed by atoms with Gasteiger partial charge >= 0.3 is 0 Å². The second-order valence-electron chi connectivity index (χ2n) is 5.89. The molecule has 0 saturated carbocycles. The molecule has 0 amide bonds. The van der Waals surface area contributed by atoms with E-state index in [1.165, 1.54) is 12.0 Å². The van der Waals surface area contributed by atoms with Gasteiger partial charge in [0.1, 0.15) is 5.75 Å². The molecule has 120 valence electrons. The van der Waals surface area contributed by atoms with Gasteiger partial charge in [0.15, 0.2) is 0 Å². The monoisotopic (exact) mass is 293 g/mol. The summed E-state index contributed by atoms with van der Waals surface area (Å²) in [6, 6.07) is 8.47. The number of rotatable bonds is 11. The van der Waals surface area contributed by atoms with Crippen LogP contribution in [0.3, 0.4) is 0 Å². The van der Waals surface area contributed by atoms with Crippen LogP contribution in [-0.4, -0.2) is 26.9 Å². The van der Waals surface area contributed by atoms with Gasteiger partial charge in [0.25, 0.3) is 0 Å². The molecule has 1 unspecified atom stereocenters. The average molecular weight is 293 g/mol. The lowest BCUT2D eigenvalue weighted by Crippen LogP contribution is -2.26. The molecule has 0 radical (unpaired) electrons. The first kappa shape index (κ1) is 18.0. The Labute approximate surface area is 130 Å². The van der Waals surface area contributed by atoms with Gasteiger partial charge in [0.2, 0.25) is 0 Å². The molecule has 0 aliphatic carbocycles. The first-order valence-corrected chi connectivity index (χ1v) is 8.12. The second-order valence-corrected chi connectivity index (χ2v) is 5.89. The molecular weight excluding hydrogens is 262 g/mol. The summed E-state index contributed by atoms with van der Waals surface area (Å²) in [6.45, 7) is 9.23. The van der Waals surface area contributed by atoms with Crippen molar-refractivity contribution in [2.75, 3.05) is 26.9 Å². The Hall–Kier alpha value is -1.06. The molecule has 1 aromatic rings. The van der Waals surface area contributed by atoms with Gasteiger partial charge in [-0.1, -0.05) is 32.9 Å². The van der Waals surface area contributed by atoms with Crippen LogP contribution >= 0.6 is 0 Å². The fraction of sp³-hybridized carbons (Fsp3) is 0.667. The van der Waals surface area contributed by atoms with Crippen molar-refractivity contribution in [1.82, 2.24) is 5.32 Å². The van der Waals surface area contributed by atoms with E-state index in [9.17, 15) is 0 Å². The number of hydrogen-bond acceptors (Lipinski definition) is 3.